The van der Waals surface area contributed by atoms with Gasteiger partial charge in [0.05, 0.1) is 56.8 Å². The smallest absolute Gasteiger partial charge is 0.254 e. The minimum atomic E-state index is -0.128. The van der Waals surface area contributed by atoms with Crippen LogP contribution in [-0.4, -0.2) is 80.5 Å². The Kier molecular flexibility index (Phi) is 6.96. The van der Waals surface area contributed by atoms with Gasteiger partial charge in [0.2, 0.25) is 0 Å². The Morgan fingerprint density at radius 3 is 2.54 bits per heavy atom. The number of anilines is 2. The summed E-state index contributed by atoms with van der Waals surface area (Å²) >= 11 is 0. The minimum absolute atomic E-state index is 0.0101. The number of hydrogen-bond acceptors (Lipinski definition) is 8. The maximum atomic E-state index is 13.3. The molecule has 3 aromatic rings. The summed E-state index contributed by atoms with van der Waals surface area (Å²) in [5.74, 6) is 1.59. The van der Waals surface area contributed by atoms with E-state index in [9.17, 15) is 4.79 Å². The van der Waals surface area contributed by atoms with Crippen LogP contribution in [0.3, 0.4) is 0 Å². The molecule has 9 nitrogen and oxygen atoms in total. The van der Waals surface area contributed by atoms with Crippen LogP contribution >= 0.6 is 0 Å². The van der Waals surface area contributed by atoms with Crippen molar-refractivity contribution in [3.8, 4) is 5.75 Å². The monoisotopic (exact) mass is 477 g/mol. The number of methoxy groups -OCH3 is 1. The number of aromatic nitrogens is 2. The van der Waals surface area contributed by atoms with Crippen molar-refractivity contribution in [1.29, 1.82) is 0 Å². The van der Waals surface area contributed by atoms with E-state index in [1.54, 1.807) is 13.3 Å². The van der Waals surface area contributed by atoms with Gasteiger partial charge in [0.25, 0.3) is 5.91 Å². The Balaban J connectivity index is 1.54. The highest BCUT2D eigenvalue weighted by atomic mass is 16.5. The number of rotatable bonds is 6. The van der Waals surface area contributed by atoms with E-state index >= 15 is 0 Å². The third kappa shape index (κ3) is 5.16. The fourth-order valence-corrected chi connectivity index (χ4v) is 4.52. The van der Waals surface area contributed by atoms with Gasteiger partial charge in [0.15, 0.2) is 0 Å². The van der Waals surface area contributed by atoms with Crippen LogP contribution in [0.25, 0.3) is 11.0 Å². The number of carbonyl (C=O) groups is 1. The average Bonchev–Trinajstić information content (AvgIpc) is 2.92. The third-order valence-electron chi connectivity index (χ3n) is 6.46. The van der Waals surface area contributed by atoms with Crippen molar-refractivity contribution in [2.75, 3.05) is 69.9 Å². The third-order valence-corrected chi connectivity index (χ3v) is 6.46. The molecule has 2 fully saturated rings. The second-order valence-electron chi connectivity index (χ2n) is 8.76. The molecule has 0 bridgehead atoms. The zero-order chi connectivity index (χ0) is 24.2. The van der Waals surface area contributed by atoms with Crippen molar-refractivity contribution in [2.24, 2.45) is 0 Å². The molecule has 1 atom stereocenters. The summed E-state index contributed by atoms with van der Waals surface area (Å²) in [6.07, 6.45) is 1.79. The topological polar surface area (TPSA) is 89.0 Å². The average molecular weight is 478 g/mol. The number of amides is 1. The van der Waals surface area contributed by atoms with Gasteiger partial charge in [-0.2, -0.15) is 0 Å². The molecule has 9 heteroatoms. The molecule has 1 aromatic heterocycles. The summed E-state index contributed by atoms with van der Waals surface area (Å²) < 4.78 is 16.3. The number of nitrogens with zero attached hydrogens (tertiary/aromatic N) is 4. The highest BCUT2D eigenvalue weighted by Gasteiger charge is 2.23. The second-order valence-corrected chi connectivity index (χ2v) is 8.76. The Hall–Kier alpha value is -3.43. The molecule has 0 spiro atoms. The van der Waals surface area contributed by atoms with Crippen molar-refractivity contribution in [3.63, 3.8) is 0 Å². The van der Waals surface area contributed by atoms with Gasteiger partial charge in [-0.1, -0.05) is 6.07 Å². The first kappa shape index (κ1) is 23.3. The zero-order valence-corrected chi connectivity index (χ0v) is 20.2. The second kappa shape index (κ2) is 10.5. The molecule has 0 aliphatic carbocycles. The van der Waals surface area contributed by atoms with E-state index in [0.717, 1.165) is 41.4 Å². The van der Waals surface area contributed by atoms with Gasteiger partial charge in [-0.05, 0) is 31.2 Å². The summed E-state index contributed by atoms with van der Waals surface area (Å²) in [5.41, 5.74) is 3.95. The van der Waals surface area contributed by atoms with Gasteiger partial charge in [0.1, 0.15) is 11.6 Å². The normalized spacial score (nSPS) is 17.3. The number of carbonyl (C=O) groups excluding carboxylic acids is 1. The molecule has 0 saturated carbocycles. The molecule has 35 heavy (non-hydrogen) atoms. The number of fused-ring (bicyclic) bond motifs is 1. The number of nitrogens with one attached hydrogen (secondary N) is 1. The predicted octanol–water partition coefficient (Wildman–Crippen LogP) is 3.12. The van der Waals surface area contributed by atoms with Crippen LogP contribution in [-0.2, 0) is 9.47 Å². The molecule has 3 heterocycles. The van der Waals surface area contributed by atoms with Gasteiger partial charge in [-0.15, -0.1) is 0 Å². The molecular formula is C26H31N5O4. The van der Waals surface area contributed by atoms with Crippen molar-refractivity contribution in [3.05, 3.63) is 53.7 Å². The molecule has 1 unspecified atom stereocenters. The van der Waals surface area contributed by atoms with E-state index in [1.165, 1.54) is 0 Å². The van der Waals surface area contributed by atoms with Crippen molar-refractivity contribution < 1.29 is 19.0 Å². The first-order chi connectivity index (χ1) is 17.1. The Labute approximate surface area is 205 Å². The number of hydrogen-bond donors (Lipinski definition) is 1. The van der Waals surface area contributed by atoms with Crippen LogP contribution in [0.4, 0.5) is 11.5 Å². The number of ether oxygens (including phenoxy) is 3. The summed E-state index contributed by atoms with van der Waals surface area (Å²) in [7, 11) is 1.65. The fraction of sp³-hybridized carbons (Fsp3) is 0.423. The van der Waals surface area contributed by atoms with Gasteiger partial charge >= 0.3 is 0 Å². The van der Waals surface area contributed by atoms with Crippen LogP contribution in [0, 0.1) is 0 Å². The lowest BCUT2D eigenvalue weighted by atomic mass is 10.0. The summed E-state index contributed by atoms with van der Waals surface area (Å²) in [6.45, 7) is 7.27. The predicted molar refractivity (Wildman–Crippen MR) is 134 cm³/mol. The summed E-state index contributed by atoms with van der Waals surface area (Å²) in [6, 6.07) is 11.5. The van der Waals surface area contributed by atoms with Crippen molar-refractivity contribution in [2.45, 2.75) is 13.0 Å². The molecule has 0 radical (unpaired) electrons. The van der Waals surface area contributed by atoms with Crippen LogP contribution in [0.2, 0.25) is 0 Å². The van der Waals surface area contributed by atoms with Gasteiger partial charge in [-0.25, -0.2) is 4.98 Å². The van der Waals surface area contributed by atoms with E-state index in [2.05, 4.69) is 17.1 Å². The van der Waals surface area contributed by atoms with E-state index < -0.39 is 0 Å². The first-order valence-electron chi connectivity index (χ1n) is 12.0. The number of benzene rings is 2. The standard InChI is InChI=1S/C26H31N5O4/c1-18(28-20-4-3-5-21(16-20)33-2)22-14-19(26(32)31-8-12-35-13-9-31)15-23-25(22)29-24(17-27-23)30-6-10-34-11-7-30/h3-5,14-18,28H,6-13H2,1-2H3. The lowest BCUT2D eigenvalue weighted by Crippen LogP contribution is -2.40. The highest BCUT2D eigenvalue weighted by molar-refractivity contribution is 5.98. The molecule has 2 aromatic carbocycles. The van der Waals surface area contributed by atoms with E-state index in [0.29, 0.717) is 50.6 Å². The maximum Gasteiger partial charge on any atom is 0.254 e. The molecule has 2 aliphatic heterocycles. The van der Waals surface area contributed by atoms with Crippen LogP contribution in [0.1, 0.15) is 28.9 Å². The molecule has 184 valence electrons. The molecule has 2 saturated heterocycles. The Morgan fingerprint density at radius 1 is 1.06 bits per heavy atom. The molecule has 1 amide bonds. The Bertz CT molecular complexity index is 1190. The van der Waals surface area contributed by atoms with Gasteiger partial charge in [0, 0.05) is 49.1 Å². The SMILES string of the molecule is COc1cccc(NC(C)c2cc(C(=O)N3CCOCC3)cc3ncc(N4CCOCC4)nc23)c1. The van der Waals surface area contributed by atoms with Crippen LogP contribution in [0.15, 0.2) is 42.6 Å². The summed E-state index contributed by atoms with van der Waals surface area (Å²) in [5, 5.41) is 3.54. The van der Waals surface area contributed by atoms with E-state index in [1.807, 2.05) is 41.3 Å². The quantitative estimate of drug-likeness (QED) is 0.579. The van der Waals surface area contributed by atoms with Gasteiger partial charge in [-0.3, -0.25) is 9.78 Å². The summed E-state index contributed by atoms with van der Waals surface area (Å²) in [4.78, 5) is 27.1. The minimum Gasteiger partial charge on any atom is -0.497 e. The van der Waals surface area contributed by atoms with E-state index in [-0.39, 0.29) is 11.9 Å². The lowest BCUT2D eigenvalue weighted by molar-refractivity contribution is 0.0303. The fourth-order valence-electron chi connectivity index (χ4n) is 4.52. The van der Waals surface area contributed by atoms with Gasteiger partial charge < -0.3 is 29.3 Å². The number of morpholine rings is 2. The van der Waals surface area contributed by atoms with E-state index in [4.69, 9.17) is 24.2 Å². The van der Waals surface area contributed by atoms with Crippen LogP contribution in [0.5, 0.6) is 5.75 Å². The Morgan fingerprint density at radius 2 is 1.80 bits per heavy atom. The van der Waals surface area contributed by atoms with Crippen molar-refractivity contribution >= 4 is 28.4 Å². The highest BCUT2D eigenvalue weighted by Crippen LogP contribution is 2.30. The molecular weight excluding hydrogens is 446 g/mol. The molecule has 2 aliphatic rings. The largest absolute Gasteiger partial charge is 0.497 e. The zero-order valence-electron chi connectivity index (χ0n) is 20.2. The maximum absolute atomic E-state index is 13.3. The molecule has 1 N–H and O–H groups in total. The van der Waals surface area contributed by atoms with Crippen LogP contribution < -0.4 is 15.0 Å². The first-order valence-corrected chi connectivity index (χ1v) is 12.0. The lowest BCUT2D eigenvalue weighted by Gasteiger charge is -2.29. The molecule has 5 rings (SSSR count). The van der Waals surface area contributed by atoms with Crippen molar-refractivity contribution in [1.82, 2.24) is 14.9 Å².